The van der Waals surface area contributed by atoms with E-state index in [0.717, 1.165) is 24.0 Å². The Morgan fingerprint density at radius 2 is 2.07 bits per heavy atom. The fourth-order valence-electron chi connectivity index (χ4n) is 1.77. The molecule has 0 amide bonds. The van der Waals surface area contributed by atoms with Crippen LogP contribution in [-0.4, -0.2) is 5.38 Å². The second kappa shape index (κ2) is 5.50. The Balaban J connectivity index is 2.82. The number of aryl methyl sites for hydroxylation is 1. The monoisotopic (exact) mass is 228 g/mol. The molecule has 84 valence electrons. The molecule has 0 bridgehead atoms. The van der Waals surface area contributed by atoms with Crippen molar-refractivity contribution >= 4 is 11.6 Å². The Morgan fingerprint density at radius 1 is 1.40 bits per heavy atom. The SMILES string of the molecule is CCC(Cc1cc(F)ccc1C)C(C)Cl. The zero-order valence-electron chi connectivity index (χ0n) is 9.56. The van der Waals surface area contributed by atoms with Gasteiger partial charge < -0.3 is 0 Å². The van der Waals surface area contributed by atoms with Crippen molar-refractivity contribution in [2.24, 2.45) is 5.92 Å². The summed E-state index contributed by atoms with van der Waals surface area (Å²) < 4.78 is 13.1. The molecule has 2 atom stereocenters. The maximum atomic E-state index is 13.1. The lowest BCUT2D eigenvalue weighted by Gasteiger charge is -2.18. The van der Waals surface area contributed by atoms with Gasteiger partial charge in [0.25, 0.3) is 0 Å². The van der Waals surface area contributed by atoms with Crippen molar-refractivity contribution < 1.29 is 4.39 Å². The molecule has 0 aliphatic carbocycles. The van der Waals surface area contributed by atoms with Crippen molar-refractivity contribution in [2.45, 2.75) is 39.0 Å². The number of benzene rings is 1. The Labute approximate surface area is 96.5 Å². The molecule has 0 radical (unpaired) electrons. The van der Waals surface area contributed by atoms with Crippen LogP contribution < -0.4 is 0 Å². The molecule has 0 spiro atoms. The summed E-state index contributed by atoms with van der Waals surface area (Å²) in [5.74, 6) is 0.264. The number of halogens is 2. The number of alkyl halides is 1. The molecule has 0 fully saturated rings. The molecule has 0 saturated carbocycles. The van der Waals surface area contributed by atoms with Crippen LogP contribution in [0, 0.1) is 18.7 Å². The number of rotatable bonds is 4. The van der Waals surface area contributed by atoms with Gasteiger partial charge in [0, 0.05) is 5.38 Å². The summed E-state index contributed by atoms with van der Waals surface area (Å²) in [7, 11) is 0. The molecule has 0 aliphatic rings. The molecule has 2 unspecified atom stereocenters. The lowest BCUT2D eigenvalue weighted by molar-refractivity contribution is 0.494. The molecule has 0 aliphatic heterocycles. The first-order valence-electron chi connectivity index (χ1n) is 5.43. The zero-order valence-corrected chi connectivity index (χ0v) is 10.3. The largest absolute Gasteiger partial charge is 0.207 e. The van der Waals surface area contributed by atoms with Gasteiger partial charge in [-0.05, 0) is 49.4 Å². The summed E-state index contributed by atoms with van der Waals surface area (Å²) in [6, 6.07) is 4.96. The van der Waals surface area contributed by atoms with E-state index in [0.29, 0.717) is 5.92 Å². The van der Waals surface area contributed by atoms with Crippen molar-refractivity contribution in [3.8, 4) is 0 Å². The van der Waals surface area contributed by atoms with Gasteiger partial charge >= 0.3 is 0 Å². The van der Waals surface area contributed by atoms with Crippen LogP contribution in [-0.2, 0) is 6.42 Å². The van der Waals surface area contributed by atoms with Crippen LogP contribution in [0.5, 0.6) is 0 Å². The van der Waals surface area contributed by atoms with E-state index in [1.165, 1.54) is 6.07 Å². The van der Waals surface area contributed by atoms with E-state index in [-0.39, 0.29) is 11.2 Å². The van der Waals surface area contributed by atoms with Gasteiger partial charge in [-0.2, -0.15) is 0 Å². The molecule has 0 N–H and O–H groups in total. The van der Waals surface area contributed by atoms with E-state index in [1.54, 1.807) is 6.07 Å². The molecule has 0 heterocycles. The van der Waals surface area contributed by atoms with Crippen LogP contribution in [0.3, 0.4) is 0 Å². The zero-order chi connectivity index (χ0) is 11.4. The molecular formula is C13H18ClF. The van der Waals surface area contributed by atoms with Gasteiger partial charge in [0.15, 0.2) is 0 Å². The highest BCUT2D eigenvalue weighted by Crippen LogP contribution is 2.22. The second-order valence-electron chi connectivity index (χ2n) is 4.12. The Kier molecular flexibility index (Phi) is 4.59. The normalized spacial score (nSPS) is 15.0. The first kappa shape index (κ1) is 12.5. The number of hydrogen-bond donors (Lipinski definition) is 0. The van der Waals surface area contributed by atoms with E-state index in [1.807, 2.05) is 19.9 Å². The summed E-state index contributed by atoms with van der Waals surface area (Å²) in [5, 5.41) is 0.137. The molecule has 1 aromatic carbocycles. The lowest BCUT2D eigenvalue weighted by Crippen LogP contribution is -2.14. The van der Waals surface area contributed by atoms with E-state index < -0.39 is 0 Å². The van der Waals surface area contributed by atoms with Gasteiger partial charge in [0.05, 0.1) is 0 Å². The molecule has 1 aromatic rings. The summed E-state index contributed by atoms with van der Waals surface area (Å²) >= 11 is 6.09. The highest BCUT2D eigenvalue weighted by atomic mass is 35.5. The standard InChI is InChI=1S/C13H18ClF/c1-4-11(10(3)14)7-12-8-13(15)6-5-9(12)2/h5-6,8,10-11H,4,7H2,1-3H3. The highest BCUT2D eigenvalue weighted by molar-refractivity contribution is 6.20. The third-order valence-electron chi connectivity index (χ3n) is 2.97. The summed E-state index contributed by atoms with van der Waals surface area (Å²) in [6.07, 6.45) is 1.89. The van der Waals surface area contributed by atoms with E-state index in [4.69, 9.17) is 11.6 Å². The van der Waals surface area contributed by atoms with E-state index in [2.05, 4.69) is 6.92 Å². The quantitative estimate of drug-likeness (QED) is 0.673. The highest BCUT2D eigenvalue weighted by Gasteiger charge is 2.14. The minimum atomic E-state index is -0.160. The van der Waals surface area contributed by atoms with Gasteiger partial charge in [-0.25, -0.2) is 4.39 Å². The molecule has 0 nitrogen and oxygen atoms in total. The predicted octanol–water partition coefficient (Wildman–Crippen LogP) is 4.33. The smallest absolute Gasteiger partial charge is 0.123 e. The van der Waals surface area contributed by atoms with Gasteiger partial charge in [-0.1, -0.05) is 19.4 Å². The Hall–Kier alpha value is -0.560. The van der Waals surface area contributed by atoms with Gasteiger partial charge in [-0.3, -0.25) is 0 Å². The topological polar surface area (TPSA) is 0 Å². The molecule has 15 heavy (non-hydrogen) atoms. The first-order chi connectivity index (χ1) is 7.04. The number of hydrogen-bond acceptors (Lipinski definition) is 0. The predicted molar refractivity (Wildman–Crippen MR) is 63.9 cm³/mol. The molecule has 0 saturated heterocycles. The summed E-state index contributed by atoms with van der Waals surface area (Å²) in [4.78, 5) is 0. The fourth-order valence-corrected chi connectivity index (χ4v) is 2.04. The van der Waals surface area contributed by atoms with Crippen molar-refractivity contribution in [3.63, 3.8) is 0 Å². The van der Waals surface area contributed by atoms with Crippen LogP contribution in [0.25, 0.3) is 0 Å². The van der Waals surface area contributed by atoms with E-state index >= 15 is 0 Å². The fraction of sp³-hybridized carbons (Fsp3) is 0.538. The van der Waals surface area contributed by atoms with Crippen molar-refractivity contribution in [3.05, 3.63) is 35.1 Å². The van der Waals surface area contributed by atoms with E-state index in [9.17, 15) is 4.39 Å². The van der Waals surface area contributed by atoms with Crippen LogP contribution in [0.15, 0.2) is 18.2 Å². The second-order valence-corrected chi connectivity index (χ2v) is 4.81. The summed E-state index contributed by atoms with van der Waals surface area (Å²) in [5.41, 5.74) is 2.22. The van der Waals surface area contributed by atoms with Crippen LogP contribution >= 0.6 is 11.6 Å². The molecule has 0 aromatic heterocycles. The molecule has 2 heteroatoms. The lowest BCUT2D eigenvalue weighted by atomic mass is 9.92. The maximum absolute atomic E-state index is 13.1. The average Bonchev–Trinajstić information content (AvgIpc) is 2.18. The van der Waals surface area contributed by atoms with Gasteiger partial charge in [0.2, 0.25) is 0 Å². The van der Waals surface area contributed by atoms with Crippen LogP contribution in [0.2, 0.25) is 0 Å². The van der Waals surface area contributed by atoms with Crippen molar-refractivity contribution in [2.75, 3.05) is 0 Å². The van der Waals surface area contributed by atoms with Crippen LogP contribution in [0.1, 0.15) is 31.4 Å². The Bertz CT molecular complexity index is 320. The van der Waals surface area contributed by atoms with Gasteiger partial charge in [-0.15, -0.1) is 11.6 Å². The van der Waals surface area contributed by atoms with Crippen molar-refractivity contribution in [1.82, 2.24) is 0 Å². The average molecular weight is 229 g/mol. The minimum Gasteiger partial charge on any atom is -0.207 e. The Morgan fingerprint density at radius 3 is 2.60 bits per heavy atom. The van der Waals surface area contributed by atoms with Crippen molar-refractivity contribution in [1.29, 1.82) is 0 Å². The minimum absolute atomic E-state index is 0.137. The van der Waals surface area contributed by atoms with Crippen LogP contribution in [0.4, 0.5) is 4.39 Å². The third-order valence-corrected chi connectivity index (χ3v) is 3.32. The molecular weight excluding hydrogens is 211 g/mol. The molecule has 1 rings (SSSR count). The third kappa shape index (κ3) is 3.49. The van der Waals surface area contributed by atoms with Gasteiger partial charge in [0.1, 0.15) is 5.82 Å². The first-order valence-corrected chi connectivity index (χ1v) is 5.87. The maximum Gasteiger partial charge on any atom is 0.123 e. The summed E-state index contributed by atoms with van der Waals surface area (Å²) in [6.45, 7) is 6.14.